The lowest BCUT2D eigenvalue weighted by Gasteiger charge is -2.14. The van der Waals surface area contributed by atoms with Gasteiger partial charge < -0.3 is 0 Å². The maximum atomic E-state index is 11.0. The van der Waals surface area contributed by atoms with Crippen LogP contribution in [0.5, 0.6) is 0 Å². The highest BCUT2D eigenvalue weighted by molar-refractivity contribution is 5.82. The molecule has 0 N–H and O–H groups in total. The molecular weight excluding hydrogens is 190 g/mol. The van der Waals surface area contributed by atoms with Crippen LogP contribution in [-0.2, 0) is 4.79 Å². The molecule has 74 valence electrons. The Labute approximate surface area is 87.2 Å². The van der Waals surface area contributed by atoms with Gasteiger partial charge in [0.05, 0.1) is 0 Å². The van der Waals surface area contributed by atoms with Crippen LogP contribution in [0.2, 0.25) is 0 Å². The zero-order chi connectivity index (χ0) is 10.5. The molecule has 1 amide bonds. The van der Waals surface area contributed by atoms with Gasteiger partial charge in [0.25, 0.3) is 0 Å². The number of anilines is 2. The lowest BCUT2D eigenvalue weighted by Crippen LogP contribution is -2.16. The third-order valence-corrected chi connectivity index (χ3v) is 1.90. The Morgan fingerprint density at radius 2 is 1.47 bits per heavy atom. The summed E-state index contributed by atoms with van der Waals surface area (Å²) in [4.78, 5) is 20.5. The molecule has 0 spiro atoms. The molecule has 0 aromatic carbocycles. The summed E-state index contributed by atoms with van der Waals surface area (Å²) in [7, 11) is 0. The number of carbonyl (C=O) groups excluding carboxylic acids is 1. The van der Waals surface area contributed by atoms with Gasteiger partial charge >= 0.3 is 0 Å². The van der Waals surface area contributed by atoms with Crippen LogP contribution >= 0.6 is 0 Å². The molecule has 0 saturated carbocycles. The van der Waals surface area contributed by atoms with Gasteiger partial charge in [-0.25, -0.2) is 9.97 Å². The van der Waals surface area contributed by atoms with E-state index in [1.807, 2.05) is 12.1 Å². The summed E-state index contributed by atoms with van der Waals surface area (Å²) in [5.74, 6) is 1.12. The van der Waals surface area contributed by atoms with E-state index < -0.39 is 0 Å². The van der Waals surface area contributed by atoms with Crippen LogP contribution in [0, 0.1) is 0 Å². The first-order valence-electron chi connectivity index (χ1n) is 4.48. The molecule has 0 atom stereocenters. The highest BCUT2D eigenvalue weighted by atomic mass is 16.1. The van der Waals surface area contributed by atoms with Crippen LogP contribution in [0.4, 0.5) is 11.6 Å². The van der Waals surface area contributed by atoms with E-state index in [0.29, 0.717) is 18.0 Å². The van der Waals surface area contributed by atoms with Crippen LogP contribution in [0.15, 0.2) is 48.8 Å². The van der Waals surface area contributed by atoms with Gasteiger partial charge in [0.1, 0.15) is 11.6 Å². The van der Waals surface area contributed by atoms with Crippen LogP contribution in [0.3, 0.4) is 0 Å². The first-order valence-corrected chi connectivity index (χ1v) is 4.48. The molecule has 15 heavy (non-hydrogen) atoms. The summed E-state index contributed by atoms with van der Waals surface area (Å²) in [6.07, 6.45) is 3.97. The summed E-state index contributed by atoms with van der Waals surface area (Å²) in [6, 6.07) is 10.7. The zero-order valence-electron chi connectivity index (χ0n) is 7.95. The first-order chi connectivity index (χ1) is 7.42. The summed E-state index contributed by atoms with van der Waals surface area (Å²) in [5, 5.41) is 0. The van der Waals surface area contributed by atoms with Gasteiger partial charge in [-0.15, -0.1) is 0 Å². The number of hydrogen-bond donors (Lipinski definition) is 0. The average Bonchev–Trinajstić information content (AvgIpc) is 2.33. The molecule has 2 aromatic rings. The molecule has 4 nitrogen and oxygen atoms in total. The maximum absolute atomic E-state index is 11.0. The molecule has 0 radical (unpaired) electrons. The molecule has 0 aliphatic rings. The van der Waals surface area contributed by atoms with Gasteiger partial charge in [0.15, 0.2) is 0 Å². The van der Waals surface area contributed by atoms with E-state index in [1.54, 1.807) is 36.7 Å². The van der Waals surface area contributed by atoms with Gasteiger partial charge in [0, 0.05) is 12.4 Å². The molecule has 0 fully saturated rings. The Bertz CT molecular complexity index is 391. The minimum absolute atomic E-state index is 0.561. The lowest BCUT2D eigenvalue weighted by atomic mass is 10.4. The van der Waals surface area contributed by atoms with Crippen molar-refractivity contribution >= 4 is 18.0 Å². The molecule has 0 aliphatic heterocycles. The van der Waals surface area contributed by atoms with Crippen molar-refractivity contribution < 1.29 is 4.79 Å². The van der Waals surface area contributed by atoms with E-state index in [1.165, 1.54) is 4.90 Å². The third kappa shape index (κ3) is 1.99. The number of rotatable bonds is 3. The fourth-order valence-corrected chi connectivity index (χ4v) is 1.22. The highest BCUT2D eigenvalue weighted by Gasteiger charge is 2.08. The van der Waals surface area contributed by atoms with E-state index >= 15 is 0 Å². The van der Waals surface area contributed by atoms with Crippen molar-refractivity contribution in [2.45, 2.75) is 0 Å². The second-order valence-corrected chi connectivity index (χ2v) is 2.85. The van der Waals surface area contributed by atoms with Gasteiger partial charge in [-0.05, 0) is 24.3 Å². The molecule has 0 aliphatic carbocycles. The molecule has 2 heterocycles. The van der Waals surface area contributed by atoms with E-state index in [-0.39, 0.29) is 0 Å². The fourth-order valence-electron chi connectivity index (χ4n) is 1.22. The van der Waals surface area contributed by atoms with Crippen LogP contribution in [0.1, 0.15) is 0 Å². The molecular formula is C11H9N3O. The quantitative estimate of drug-likeness (QED) is 0.708. The number of nitrogens with zero attached hydrogens (tertiary/aromatic N) is 3. The first kappa shape index (κ1) is 9.33. The van der Waals surface area contributed by atoms with Gasteiger partial charge in [-0.3, -0.25) is 9.69 Å². The van der Waals surface area contributed by atoms with E-state index in [0.717, 1.165) is 0 Å². The number of aromatic nitrogens is 2. The Balaban J connectivity index is 2.38. The largest absolute Gasteiger partial charge is 0.278 e. The van der Waals surface area contributed by atoms with Gasteiger partial charge in [-0.1, -0.05) is 12.1 Å². The van der Waals surface area contributed by atoms with Crippen molar-refractivity contribution in [2.24, 2.45) is 0 Å². The van der Waals surface area contributed by atoms with Gasteiger partial charge in [0.2, 0.25) is 6.41 Å². The fraction of sp³-hybridized carbons (Fsp3) is 0. The topological polar surface area (TPSA) is 46.1 Å². The summed E-state index contributed by atoms with van der Waals surface area (Å²) in [6.45, 7) is 0. The van der Waals surface area contributed by atoms with Crippen molar-refractivity contribution in [1.82, 2.24) is 9.97 Å². The predicted molar refractivity (Wildman–Crippen MR) is 56.7 cm³/mol. The Kier molecular flexibility index (Phi) is 2.69. The van der Waals surface area contributed by atoms with Crippen molar-refractivity contribution in [3.8, 4) is 0 Å². The molecule has 0 bridgehead atoms. The van der Waals surface area contributed by atoms with Crippen molar-refractivity contribution in [2.75, 3.05) is 4.90 Å². The second-order valence-electron chi connectivity index (χ2n) is 2.85. The van der Waals surface area contributed by atoms with E-state index in [4.69, 9.17) is 0 Å². The SMILES string of the molecule is O=CN(c1ccccn1)c1ccccn1. The molecule has 4 heteroatoms. The monoisotopic (exact) mass is 199 g/mol. The second kappa shape index (κ2) is 4.32. The maximum Gasteiger partial charge on any atom is 0.221 e. The molecule has 0 unspecified atom stereocenters. The highest BCUT2D eigenvalue weighted by Crippen LogP contribution is 2.17. The van der Waals surface area contributed by atoms with Crippen LogP contribution < -0.4 is 4.90 Å². The Hall–Kier alpha value is -2.23. The van der Waals surface area contributed by atoms with Crippen molar-refractivity contribution in [3.05, 3.63) is 48.8 Å². The van der Waals surface area contributed by atoms with Gasteiger partial charge in [-0.2, -0.15) is 0 Å². The average molecular weight is 199 g/mol. The van der Waals surface area contributed by atoms with E-state index in [2.05, 4.69) is 9.97 Å². The number of pyridine rings is 2. The normalized spacial score (nSPS) is 9.60. The van der Waals surface area contributed by atoms with Crippen LogP contribution in [0.25, 0.3) is 0 Å². The van der Waals surface area contributed by atoms with Crippen LogP contribution in [-0.4, -0.2) is 16.4 Å². The molecule has 0 saturated heterocycles. The lowest BCUT2D eigenvalue weighted by molar-refractivity contribution is -0.106. The molecule has 2 aromatic heterocycles. The Morgan fingerprint density at radius 3 is 1.80 bits per heavy atom. The minimum Gasteiger partial charge on any atom is -0.278 e. The summed E-state index contributed by atoms with van der Waals surface area (Å²) >= 11 is 0. The smallest absolute Gasteiger partial charge is 0.221 e. The number of carbonyl (C=O) groups is 1. The van der Waals surface area contributed by atoms with Crippen molar-refractivity contribution in [1.29, 1.82) is 0 Å². The number of hydrogen-bond acceptors (Lipinski definition) is 3. The third-order valence-electron chi connectivity index (χ3n) is 1.90. The molecule has 2 rings (SSSR count). The van der Waals surface area contributed by atoms with E-state index in [9.17, 15) is 4.79 Å². The predicted octanol–water partition coefficient (Wildman–Crippen LogP) is 1.77. The number of amides is 1. The Morgan fingerprint density at radius 1 is 0.933 bits per heavy atom. The standard InChI is InChI=1S/C11H9N3O/c15-9-14(10-5-1-3-7-12-10)11-6-2-4-8-13-11/h1-9H. The zero-order valence-corrected chi connectivity index (χ0v) is 7.95. The van der Waals surface area contributed by atoms with Crippen molar-refractivity contribution in [3.63, 3.8) is 0 Å². The summed E-state index contributed by atoms with van der Waals surface area (Å²) in [5.41, 5.74) is 0. The minimum atomic E-state index is 0.561. The summed E-state index contributed by atoms with van der Waals surface area (Å²) < 4.78 is 0.